The van der Waals surface area contributed by atoms with E-state index in [0.29, 0.717) is 30.4 Å². The van der Waals surface area contributed by atoms with Crippen LogP contribution in [-0.4, -0.2) is 40.7 Å². The number of carboxylic acids is 1. The Morgan fingerprint density at radius 3 is 2.24 bits per heavy atom. The van der Waals surface area contributed by atoms with Crippen molar-refractivity contribution in [1.29, 1.82) is 0 Å². The van der Waals surface area contributed by atoms with E-state index in [0.717, 1.165) is 22.7 Å². The summed E-state index contributed by atoms with van der Waals surface area (Å²) >= 11 is 1.66. The number of aryl methyl sites for hydroxylation is 1. The molecule has 3 aromatic carbocycles. The lowest BCUT2D eigenvalue weighted by atomic mass is 10.0. The number of hydrogen-bond donors (Lipinski definition) is 2. The van der Waals surface area contributed by atoms with Gasteiger partial charge < -0.3 is 15.2 Å². The lowest BCUT2D eigenvalue weighted by Gasteiger charge is -2.20. The van der Waals surface area contributed by atoms with E-state index in [-0.39, 0.29) is 12.0 Å². The molecule has 0 amide bonds. The van der Waals surface area contributed by atoms with Crippen molar-refractivity contribution in [2.45, 2.75) is 38.4 Å². The number of ether oxygens (including phenoxy) is 1. The number of allylic oxidation sites excluding steroid dienone is 2. The number of rotatable bonds is 13. The molecule has 0 spiro atoms. The van der Waals surface area contributed by atoms with Crippen LogP contribution >= 0.6 is 11.3 Å². The second-order valence-electron chi connectivity index (χ2n) is 9.38. The van der Waals surface area contributed by atoms with Crippen LogP contribution < -0.4 is 10.1 Å². The standard InChI is InChI=1S/C32H29F3N2O4S/c1-2-28-25(37-30(42-28)23-11-7-4-8-12-23)17-18-41-24-15-13-21(14-16-24)19-26(31(39)40)36-29(32(33,34)35)20-27(38)22-9-5-3-6-10-22/h3-16,20,26,36H,2,17-19H2,1H3,(H,39,40)/t26-/m0/s1. The Morgan fingerprint density at radius 1 is 1.00 bits per heavy atom. The monoisotopic (exact) mass is 594 g/mol. The molecule has 0 aliphatic carbocycles. The van der Waals surface area contributed by atoms with Gasteiger partial charge in [0.05, 0.1) is 12.3 Å². The van der Waals surface area contributed by atoms with Crippen molar-refractivity contribution in [3.63, 3.8) is 0 Å². The molecule has 2 N–H and O–H groups in total. The summed E-state index contributed by atoms with van der Waals surface area (Å²) in [4.78, 5) is 30.2. The first-order chi connectivity index (χ1) is 20.1. The number of carbonyl (C=O) groups excluding carboxylic acids is 1. The topological polar surface area (TPSA) is 88.5 Å². The van der Waals surface area contributed by atoms with Gasteiger partial charge in [0.15, 0.2) is 5.78 Å². The minimum atomic E-state index is -4.95. The Kier molecular flexibility index (Phi) is 10.1. The first-order valence-corrected chi connectivity index (χ1v) is 14.1. The highest BCUT2D eigenvalue weighted by Gasteiger charge is 2.37. The third kappa shape index (κ3) is 8.29. The van der Waals surface area contributed by atoms with Crippen molar-refractivity contribution >= 4 is 23.1 Å². The number of aliphatic carboxylic acids is 1. The fraction of sp³-hybridized carbons (Fsp3) is 0.219. The predicted octanol–water partition coefficient (Wildman–Crippen LogP) is 6.91. The first-order valence-electron chi connectivity index (χ1n) is 13.3. The Balaban J connectivity index is 1.38. The molecule has 0 saturated carbocycles. The van der Waals surface area contributed by atoms with Gasteiger partial charge in [0.25, 0.3) is 0 Å². The minimum Gasteiger partial charge on any atom is -0.493 e. The van der Waals surface area contributed by atoms with Gasteiger partial charge in [-0.2, -0.15) is 13.2 Å². The summed E-state index contributed by atoms with van der Waals surface area (Å²) in [6, 6.07) is 22.3. The molecule has 0 aliphatic heterocycles. The molecule has 1 atom stereocenters. The van der Waals surface area contributed by atoms with Gasteiger partial charge in [-0.05, 0) is 24.1 Å². The van der Waals surface area contributed by atoms with E-state index in [2.05, 4.69) is 6.92 Å². The molecule has 0 saturated heterocycles. The fourth-order valence-electron chi connectivity index (χ4n) is 4.19. The number of aromatic nitrogens is 1. The van der Waals surface area contributed by atoms with Crippen molar-refractivity contribution in [2.24, 2.45) is 0 Å². The van der Waals surface area contributed by atoms with Crippen LogP contribution in [0.25, 0.3) is 10.6 Å². The smallest absolute Gasteiger partial charge is 0.431 e. The lowest BCUT2D eigenvalue weighted by molar-refractivity contribution is -0.140. The first kappa shape index (κ1) is 30.5. The Morgan fingerprint density at radius 2 is 1.64 bits per heavy atom. The number of halogens is 3. The molecule has 0 radical (unpaired) electrons. The summed E-state index contributed by atoms with van der Waals surface area (Å²) in [5.74, 6) is -1.83. The summed E-state index contributed by atoms with van der Waals surface area (Å²) in [6.45, 7) is 2.46. The van der Waals surface area contributed by atoms with Crippen LogP contribution in [0.2, 0.25) is 0 Å². The molecule has 4 rings (SSSR count). The SMILES string of the molecule is CCc1sc(-c2ccccc2)nc1CCOc1ccc(C[C@H](NC(=CC(=O)c2ccccc2)C(F)(F)F)C(=O)O)cc1. The summed E-state index contributed by atoms with van der Waals surface area (Å²) in [5.41, 5.74) is 1.16. The fourth-order valence-corrected chi connectivity index (χ4v) is 5.25. The van der Waals surface area contributed by atoms with Gasteiger partial charge in [-0.15, -0.1) is 11.3 Å². The van der Waals surface area contributed by atoms with Gasteiger partial charge in [-0.1, -0.05) is 79.7 Å². The third-order valence-electron chi connectivity index (χ3n) is 6.36. The lowest BCUT2D eigenvalue weighted by Crippen LogP contribution is -2.42. The molecule has 0 unspecified atom stereocenters. The molecule has 1 heterocycles. The summed E-state index contributed by atoms with van der Waals surface area (Å²) in [5, 5.41) is 12.6. The normalized spacial score (nSPS) is 12.5. The van der Waals surface area contributed by atoms with Crippen molar-refractivity contribution in [1.82, 2.24) is 10.3 Å². The molecule has 218 valence electrons. The third-order valence-corrected chi connectivity index (χ3v) is 7.65. The van der Waals surface area contributed by atoms with Crippen LogP contribution in [-0.2, 0) is 24.1 Å². The van der Waals surface area contributed by atoms with Crippen LogP contribution in [0.5, 0.6) is 5.75 Å². The predicted molar refractivity (Wildman–Crippen MR) is 156 cm³/mol. The molecule has 4 aromatic rings. The molecule has 0 fully saturated rings. The summed E-state index contributed by atoms with van der Waals surface area (Å²) < 4.78 is 46.9. The van der Waals surface area contributed by atoms with Crippen molar-refractivity contribution < 1.29 is 32.6 Å². The number of nitrogens with one attached hydrogen (secondary N) is 1. The minimum absolute atomic E-state index is 0.0563. The molecular formula is C32H29F3N2O4S. The van der Waals surface area contributed by atoms with Crippen LogP contribution in [0.4, 0.5) is 13.2 Å². The maximum atomic E-state index is 13.7. The number of carboxylic acid groups (broad SMARTS) is 1. The molecular weight excluding hydrogens is 565 g/mol. The number of hydrogen-bond acceptors (Lipinski definition) is 6. The quantitative estimate of drug-likeness (QED) is 0.129. The van der Waals surface area contributed by atoms with Gasteiger partial charge >= 0.3 is 12.1 Å². The highest BCUT2D eigenvalue weighted by molar-refractivity contribution is 7.15. The van der Waals surface area contributed by atoms with E-state index >= 15 is 0 Å². The van der Waals surface area contributed by atoms with E-state index < -0.39 is 29.7 Å². The zero-order valence-electron chi connectivity index (χ0n) is 22.7. The Hall–Kier alpha value is -4.44. The van der Waals surface area contributed by atoms with Gasteiger partial charge in [0.1, 0.15) is 22.5 Å². The summed E-state index contributed by atoms with van der Waals surface area (Å²) in [6.07, 6.45) is -3.35. The average molecular weight is 595 g/mol. The molecule has 0 aliphatic rings. The Bertz CT molecular complexity index is 1520. The molecule has 6 nitrogen and oxygen atoms in total. The zero-order chi connectivity index (χ0) is 30.1. The second kappa shape index (κ2) is 14.0. The van der Waals surface area contributed by atoms with Gasteiger partial charge in [0.2, 0.25) is 0 Å². The van der Waals surface area contributed by atoms with E-state index in [1.807, 2.05) is 35.6 Å². The van der Waals surface area contributed by atoms with Gasteiger partial charge in [0, 0.05) is 34.9 Å². The van der Waals surface area contributed by atoms with Crippen molar-refractivity contribution in [2.75, 3.05) is 6.61 Å². The molecule has 1 aromatic heterocycles. The number of ketones is 1. The second-order valence-corrected chi connectivity index (χ2v) is 10.5. The number of nitrogens with zero attached hydrogens (tertiary/aromatic N) is 1. The number of benzene rings is 3. The van der Waals surface area contributed by atoms with E-state index in [9.17, 15) is 27.9 Å². The molecule has 42 heavy (non-hydrogen) atoms. The Labute approximate surface area is 245 Å². The van der Waals surface area contributed by atoms with Crippen LogP contribution in [0.15, 0.2) is 96.7 Å². The van der Waals surface area contributed by atoms with Gasteiger partial charge in [-0.3, -0.25) is 4.79 Å². The number of thiazole rings is 1. The van der Waals surface area contributed by atoms with Crippen molar-refractivity contribution in [3.05, 3.63) is 118 Å². The summed E-state index contributed by atoms with van der Waals surface area (Å²) in [7, 11) is 0. The maximum Gasteiger partial charge on any atom is 0.431 e. The van der Waals surface area contributed by atoms with Crippen LogP contribution in [0.3, 0.4) is 0 Å². The molecule has 0 bridgehead atoms. The zero-order valence-corrected chi connectivity index (χ0v) is 23.5. The van der Waals surface area contributed by atoms with Crippen LogP contribution in [0.1, 0.15) is 33.4 Å². The highest BCUT2D eigenvalue weighted by atomic mass is 32.1. The largest absolute Gasteiger partial charge is 0.493 e. The highest BCUT2D eigenvalue weighted by Crippen LogP contribution is 2.29. The number of alkyl halides is 3. The van der Waals surface area contributed by atoms with Gasteiger partial charge in [-0.25, -0.2) is 9.78 Å². The van der Waals surface area contributed by atoms with E-state index in [1.54, 1.807) is 41.7 Å². The number of carbonyl (C=O) groups is 2. The average Bonchev–Trinajstić information content (AvgIpc) is 3.40. The van der Waals surface area contributed by atoms with E-state index in [1.165, 1.54) is 29.1 Å². The van der Waals surface area contributed by atoms with Crippen molar-refractivity contribution in [3.8, 4) is 16.3 Å². The molecule has 10 heteroatoms. The van der Waals surface area contributed by atoms with E-state index in [4.69, 9.17) is 9.72 Å². The maximum absolute atomic E-state index is 13.7. The van der Waals surface area contributed by atoms with Crippen LogP contribution in [0, 0.1) is 0 Å².